The molecule has 4 heterocycles. The number of phenols is 1. The van der Waals surface area contributed by atoms with E-state index in [-0.39, 0.29) is 35.4 Å². The number of aromatic hydroxyl groups is 1. The fraction of sp³-hybridized carbons (Fsp3) is 0.543. The molecule has 3 fully saturated rings. The first-order chi connectivity index (χ1) is 28.2. The quantitative estimate of drug-likeness (QED) is 0.0989. The molecule has 1 saturated carbocycles. The molecule has 12 nitrogen and oxygen atoms in total. The molecule has 1 amide bonds. The minimum Gasteiger partial charge on any atom is -0.506 e. The number of aromatic nitrogens is 2. The third-order valence-corrected chi connectivity index (χ3v) is 12.4. The standard InChI is InChI=1S/C46H62N6O6/c1-33(2)36-14-19-48-42(29-36)51-24-27-58-46(32-51)17-21-50(22-18-46)31-35-7-5-6-34(28-35)15-25-57-26-16-44(56)52(37-8-3-4-9-37)23-20-47-30-41(54)38-10-12-40(53)45-39(38)11-13-43(55)49-45/h5-7,10-14,19,28-29,33,37,41,47,53-54H,3-4,8-9,15-18,20-27,30-32H2,1-2H3,(H,49,55)/t41-/m0/s1. The Labute approximate surface area is 342 Å². The number of nitrogens with one attached hydrogen (secondary N) is 2. The van der Waals surface area contributed by atoms with E-state index < -0.39 is 6.10 Å². The van der Waals surface area contributed by atoms with Crippen molar-refractivity contribution in [1.82, 2.24) is 25.1 Å². The predicted octanol–water partition coefficient (Wildman–Crippen LogP) is 5.67. The molecule has 2 aromatic carbocycles. The number of nitrogens with zero attached hydrogens (tertiary/aromatic N) is 4. The third-order valence-electron chi connectivity index (χ3n) is 12.4. The number of rotatable bonds is 17. The summed E-state index contributed by atoms with van der Waals surface area (Å²) in [6.07, 6.45) is 8.54. The van der Waals surface area contributed by atoms with Gasteiger partial charge in [0, 0.05) is 76.0 Å². The normalized spacial score (nSPS) is 18.0. The van der Waals surface area contributed by atoms with Crippen LogP contribution < -0.4 is 15.8 Å². The summed E-state index contributed by atoms with van der Waals surface area (Å²) in [5, 5.41) is 25.1. The van der Waals surface area contributed by atoms with Crippen LogP contribution in [0.1, 0.15) is 93.1 Å². The molecular formula is C46H62N6O6. The zero-order chi connectivity index (χ0) is 40.5. The fourth-order valence-electron chi connectivity index (χ4n) is 8.99. The third kappa shape index (κ3) is 10.6. The number of morpholine rings is 1. The SMILES string of the molecule is CC(C)c1ccnc(N2CCOC3(CCN(Cc4cccc(CCOCCC(=O)N(CCNC[C@H](O)c5ccc(O)c6[nH]c(=O)ccc56)C5CCCC5)c4)CC3)C2)c1. The van der Waals surface area contributed by atoms with Crippen molar-refractivity contribution in [3.63, 3.8) is 0 Å². The van der Waals surface area contributed by atoms with Crippen molar-refractivity contribution < 1.29 is 24.5 Å². The number of piperidine rings is 1. The molecular weight excluding hydrogens is 733 g/mol. The van der Waals surface area contributed by atoms with Crippen LogP contribution in [0.15, 0.2) is 71.7 Å². The van der Waals surface area contributed by atoms with Crippen LogP contribution in [0.2, 0.25) is 0 Å². The number of pyridine rings is 2. The zero-order valence-electron chi connectivity index (χ0n) is 34.3. The van der Waals surface area contributed by atoms with Crippen LogP contribution in [0, 0.1) is 0 Å². The molecule has 12 heteroatoms. The molecule has 2 aliphatic heterocycles. The van der Waals surface area contributed by atoms with Gasteiger partial charge in [-0.25, -0.2) is 4.98 Å². The Kier molecular flexibility index (Phi) is 14.1. The Hall–Kier alpha value is -4.33. The van der Waals surface area contributed by atoms with Gasteiger partial charge in [0.1, 0.15) is 11.6 Å². The minimum absolute atomic E-state index is 0.0390. The van der Waals surface area contributed by atoms with Gasteiger partial charge >= 0.3 is 0 Å². The molecule has 3 aliphatic rings. The lowest BCUT2D eigenvalue weighted by atomic mass is 9.89. The lowest BCUT2D eigenvalue weighted by Gasteiger charge is -2.47. The number of likely N-dealkylation sites (tertiary alicyclic amines) is 1. The number of H-pyrrole nitrogens is 1. The lowest BCUT2D eigenvalue weighted by Crippen LogP contribution is -2.57. The van der Waals surface area contributed by atoms with Crippen LogP contribution >= 0.6 is 0 Å². The van der Waals surface area contributed by atoms with Gasteiger partial charge in [-0.05, 0) is 84.5 Å². The van der Waals surface area contributed by atoms with Gasteiger partial charge in [-0.1, -0.05) is 57.0 Å². The van der Waals surface area contributed by atoms with Crippen molar-refractivity contribution >= 4 is 22.6 Å². The summed E-state index contributed by atoms with van der Waals surface area (Å²) < 4.78 is 12.5. The molecule has 0 bridgehead atoms. The summed E-state index contributed by atoms with van der Waals surface area (Å²) in [6.45, 7) is 12.2. The highest BCUT2D eigenvalue weighted by Gasteiger charge is 2.40. The van der Waals surface area contributed by atoms with Crippen molar-refractivity contribution in [3.8, 4) is 5.75 Å². The molecule has 0 unspecified atom stereocenters. The van der Waals surface area contributed by atoms with Crippen LogP contribution in [-0.2, 0) is 27.2 Å². The number of benzene rings is 2. The second kappa shape index (κ2) is 19.6. The summed E-state index contributed by atoms with van der Waals surface area (Å²) in [7, 11) is 0. The van der Waals surface area contributed by atoms with Crippen LogP contribution in [0.4, 0.5) is 5.82 Å². The Balaban J connectivity index is 0.820. The molecule has 4 N–H and O–H groups in total. The van der Waals surface area contributed by atoms with Crippen molar-refractivity contribution in [1.29, 1.82) is 0 Å². The van der Waals surface area contributed by atoms with E-state index in [0.29, 0.717) is 55.1 Å². The number of amides is 1. The highest BCUT2D eigenvalue weighted by Crippen LogP contribution is 2.33. The largest absolute Gasteiger partial charge is 0.506 e. The first kappa shape index (κ1) is 41.8. The average Bonchev–Trinajstić information content (AvgIpc) is 3.77. The number of anilines is 1. The van der Waals surface area contributed by atoms with Crippen molar-refractivity contribution in [2.45, 2.75) is 95.4 Å². The van der Waals surface area contributed by atoms with Crippen LogP contribution in [0.25, 0.3) is 10.9 Å². The van der Waals surface area contributed by atoms with E-state index in [4.69, 9.17) is 14.5 Å². The van der Waals surface area contributed by atoms with Gasteiger partial charge in [0.25, 0.3) is 0 Å². The van der Waals surface area contributed by atoms with Gasteiger partial charge in [0.15, 0.2) is 0 Å². The molecule has 1 aliphatic carbocycles. The fourth-order valence-corrected chi connectivity index (χ4v) is 8.99. The number of carbonyl (C=O) groups excluding carboxylic acids is 1. The van der Waals surface area contributed by atoms with E-state index in [1.165, 1.54) is 28.8 Å². The second-order valence-electron chi connectivity index (χ2n) is 16.8. The molecule has 1 atom stereocenters. The predicted molar refractivity (Wildman–Crippen MR) is 227 cm³/mol. The van der Waals surface area contributed by atoms with Crippen molar-refractivity contribution in [2.75, 3.05) is 70.5 Å². The zero-order valence-corrected chi connectivity index (χ0v) is 34.3. The van der Waals surface area contributed by atoms with Crippen molar-refractivity contribution in [2.24, 2.45) is 0 Å². The highest BCUT2D eigenvalue weighted by molar-refractivity contribution is 5.87. The second-order valence-corrected chi connectivity index (χ2v) is 16.8. The number of ether oxygens (including phenoxy) is 2. The number of hydrogen-bond donors (Lipinski definition) is 4. The summed E-state index contributed by atoms with van der Waals surface area (Å²) in [5.74, 6) is 1.61. The Bertz CT molecular complexity index is 2020. The van der Waals surface area contributed by atoms with E-state index in [9.17, 15) is 19.8 Å². The average molecular weight is 795 g/mol. The monoisotopic (exact) mass is 794 g/mol. The number of aliphatic hydroxyl groups is 1. The number of aromatic amines is 1. The molecule has 58 heavy (non-hydrogen) atoms. The van der Waals surface area contributed by atoms with E-state index >= 15 is 0 Å². The molecule has 4 aromatic rings. The Morgan fingerprint density at radius 3 is 2.67 bits per heavy atom. The number of aliphatic hydroxyl groups excluding tert-OH is 1. The van der Waals surface area contributed by atoms with Gasteiger partial charge in [-0.3, -0.25) is 14.5 Å². The number of hydrogen-bond acceptors (Lipinski definition) is 10. The van der Waals surface area contributed by atoms with E-state index in [1.807, 2.05) is 11.1 Å². The highest BCUT2D eigenvalue weighted by atomic mass is 16.5. The molecule has 2 aromatic heterocycles. The maximum Gasteiger partial charge on any atom is 0.248 e. The van der Waals surface area contributed by atoms with Gasteiger partial charge in [0.2, 0.25) is 11.5 Å². The topological polar surface area (TPSA) is 143 Å². The number of phenolic OH excluding ortho intramolecular Hbond substituents is 1. The van der Waals surface area contributed by atoms with E-state index in [1.54, 1.807) is 12.1 Å². The first-order valence-corrected chi connectivity index (χ1v) is 21.4. The summed E-state index contributed by atoms with van der Waals surface area (Å²) in [6, 6.07) is 19.6. The minimum atomic E-state index is -0.851. The Morgan fingerprint density at radius 1 is 1.05 bits per heavy atom. The van der Waals surface area contributed by atoms with Crippen LogP contribution in [0.5, 0.6) is 5.75 Å². The molecule has 312 valence electrons. The summed E-state index contributed by atoms with van der Waals surface area (Å²) >= 11 is 0. The Morgan fingerprint density at radius 2 is 1.86 bits per heavy atom. The van der Waals surface area contributed by atoms with E-state index in [0.717, 1.165) is 90.1 Å². The van der Waals surface area contributed by atoms with Crippen LogP contribution in [0.3, 0.4) is 0 Å². The molecule has 7 rings (SSSR count). The summed E-state index contributed by atoms with van der Waals surface area (Å²) in [5.41, 5.74) is 4.37. The number of fused-ring (bicyclic) bond motifs is 1. The molecule has 2 saturated heterocycles. The molecule has 1 spiro atoms. The van der Waals surface area contributed by atoms with E-state index in [2.05, 4.69) is 70.3 Å². The van der Waals surface area contributed by atoms with Gasteiger partial charge in [-0.2, -0.15) is 0 Å². The molecule has 0 radical (unpaired) electrons. The van der Waals surface area contributed by atoms with Crippen LogP contribution in [-0.4, -0.2) is 113 Å². The van der Waals surface area contributed by atoms with Gasteiger partial charge in [-0.15, -0.1) is 0 Å². The maximum absolute atomic E-state index is 13.5. The van der Waals surface area contributed by atoms with Crippen molar-refractivity contribution in [3.05, 3.63) is 99.5 Å². The van der Waals surface area contributed by atoms with Gasteiger partial charge < -0.3 is 39.8 Å². The maximum atomic E-state index is 13.5. The number of carbonyl (C=O) groups is 1. The first-order valence-electron chi connectivity index (χ1n) is 21.4. The summed E-state index contributed by atoms with van der Waals surface area (Å²) in [4.78, 5) is 39.6. The lowest BCUT2D eigenvalue weighted by molar-refractivity contribution is -0.134. The smallest absolute Gasteiger partial charge is 0.248 e. The van der Waals surface area contributed by atoms with Gasteiger partial charge in [0.05, 0.1) is 43.5 Å².